The topological polar surface area (TPSA) is 91.2 Å². The number of thiophene rings is 1. The minimum absolute atomic E-state index is 0.297. The van der Waals surface area contributed by atoms with Gasteiger partial charge in [0.1, 0.15) is 11.8 Å². The van der Waals surface area contributed by atoms with Crippen molar-refractivity contribution < 1.29 is 14.3 Å². The summed E-state index contributed by atoms with van der Waals surface area (Å²) in [6, 6.07) is 16.2. The van der Waals surface area contributed by atoms with Crippen molar-refractivity contribution >= 4 is 50.9 Å². The first-order valence-electron chi connectivity index (χ1n) is 8.14. The number of carbonyl (C=O) groups is 2. The number of amides is 2. The molecule has 140 valence electrons. The average Bonchev–Trinajstić information content (AvgIpc) is 3.05. The van der Waals surface area contributed by atoms with Crippen LogP contribution in [0.3, 0.4) is 0 Å². The Bertz CT molecular complexity index is 1100. The van der Waals surface area contributed by atoms with E-state index in [1.54, 1.807) is 30.3 Å². The highest BCUT2D eigenvalue weighted by atomic mass is 35.5. The second-order valence-corrected chi connectivity index (χ2v) is 7.01. The Hall–Kier alpha value is -3.34. The molecule has 0 bridgehead atoms. The smallest absolute Gasteiger partial charge is 0.276 e. The van der Waals surface area contributed by atoms with Crippen LogP contribution in [-0.4, -0.2) is 18.4 Å². The molecular weight excluding hydrogens is 398 g/mol. The Morgan fingerprint density at radius 1 is 1.14 bits per heavy atom. The fraction of sp³-hybridized carbons (Fsp3) is 0.0500. The number of hydrogen-bond acceptors (Lipinski definition) is 5. The highest BCUT2D eigenvalue weighted by molar-refractivity contribution is 7.20. The lowest BCUT2D eigenvalue weighted by Crippen LogP contribution is -2.43. The van der Waals surface area contributed by atoms with Crippen LogP contribution in [-0.2, 0) is 9.59 Å². The number of rotatable bonds is 5. The standard InChI is InChI=1S/C20H14ClN3O3S/c21-20-14-6-2-4-8-16(14)28-17(20)9-10-18(25)23-24-19(26)12-27-15-7-3-1-5-13(15)11-22/h1-10H,12H2,(H,23,25)(H,24,26)/b10-9+. The summed E-state index contributed by atoms with van der Waals surface area (Å²) in [6.45, 7) is -0.342. The SMILES string of the molecule is N#Cc1ccccc1OCC(=O)NNC(=O)/C=C/c1sc2ccccc2c1Cl. The van der Waals surface area contributed by atoms with Gasteiger partial charge in [-0.1, -0.05) is 41.9 Å². The zero-order valence-corrected chi connectivity index (χ0v) is 16.0. The number of fused-ring (bicyclic) bond motifs is 1. The van der Waals surface area contributed by atoms with E-state index < -0.39 is 11.8 Å². The molecule has 28 heavy (non-hydrogen) atoms. The molecule has 8 heteroatoms. The van der Waals surface area contributed by atoms with Crippen LogP contribution in [0.5, 0.6) is 5.75 Å². The normalized spacial score (nSPS) is 10.6. The number of para-hydroxylation sites is 1. The van der Waals surface area contributed by atoms with E-state index in [1.165, 1.54) is 17.4 Å². The summed E-state index contributed by atoms with van der Waals surface area (Å²) in [4.78, 5) is 24.4. The molecule has 1 aromatic heterocycles. The Morgan fingerprint density at radius 3 is 2.68 bits per heavy atom. The molecule has 0 radical (unpaired) electrons. The molecule has 2 aromatic carbocycles. The van der Waals surface area contributed by atoms with Crippen molar-refractivity contribution in [3.63, 3.8) is 0 Å². The molecule has 0 unspecified atom stereocenters. The second-order valence-electron chi connectivity index (χ2n) is 5.54. The molecule has 3 aromatic rings. The number of nitriles is 1. The van der Waals surface area contributed by atoms with E-state index in [2.05, 4.69) is 10.9 Å². The number of ether oxygens (including phenoxy) is 1. The minimum atomic E-state index is -0.561. The fourth-order valence-electron chi connectivity index (χ4n) is 2.33. The van der Waals surface area contributed by atoms with Gasteiger partial charge in [0.2, 0.25) is 0 Å². The number of benzene rings is 2. The van der Waals surface area contributed by atoms with Crippen LogP contribution in [0.2, 0.25) is 5.02 Å². The number of nitrogens with one attached hydrogen (secondary N) is 2. The maximum atomic E-state index is 11.9. The van der Waals surface area contributed by atoms with Gasteiger partial charge in [0.05, 0.1) is 10.6 Å². The van der Waals surface area contributed by atoms with Crippen LogP contribution in [0.1, 0.15) is 10.4 Å². The minimum Gasteiger partial charge on any atom is -0.482 e. The first kappa shape index (κ1) is 19.4. The van der Waals surface area contributed by atoms with E-state index in [0.29, 0.717) is 16.3 Å². The van der Waals surface area contributed by atoms with Gasteiger partial charge in [0, 0.05) is 21.0 Å². The lowest BCUT2D eigenvalue weighted by atomic mass is 10.2. The first-order valence-corrected chi connectivity index (χ1v) is 9.34. The molecule has 2 N–H and O–H groups in total. The highest BCUT2D eigenvalue weighted by Gasteiger charge is 2.09. The Morgan fingerprint density at radius 2 is 1.89 bits per heavy atom. The van der Waals surface area contributed by atoms with Crippen LogP contribution in [0.4, 0.5) is 0 Å². The Labute approximate surface area is 170 Å². The summed E-state index contributed by atoms with van der Waals surface area (Å²) in [5, 5.41) is 10.5. The summed E-state index contributed by atoms with van der Waals surface area (Å²) in [7, 11) is 0. The van der Waals surface area contributed by atoms with E-state index in [1.807, 2.05) is 30.3 Å². The maximum Gasteiger partial charge on any atom is 0.276 e. The molecule has 6 nitrogen and oxygen atoms in total. The summed E-state index contributed by atoms with van der Waals surface area (Å²) < 4.78 is 6.30. The highest BCUT2D eigenvalue weighted by Crippen LogP contribution is 2.35. The lowest BCUT2D eigenvalue weighted by molar-refractivity contribution is -0.128. The number of hydrogen-bond donors (Lipinski definition) is 2. The third kappa shape index (κ3) is 4.68. The van der Waals surface area contributed by atoms with Crippen molar-refractivity contribution in [2.45, 2.75) is 0 Å². The van der Waals surface area contributed by atoms with E-state index in [4.69, 9.17) is 21.6 Å². The largest absolute Gasteiger partial charge is 0.482 e. The van der Waals surface area contributed by atoms with Crippen molar-refractivity contribution in [3.05, 3.63) is 70.1 Å². The average molecular weight is 412 g/mol. The predicted octanol–water partition coefficient (Wildman–Crippen LogP) is 3.67. The van der Waals surface area contributed by atoms with Crippen molar-refractivity contribution in [2.75, 3.05) is 6.61 Å². The molecule has 0 atom stereocenters. The van der Waals surface area contributed by atoms with Gasteiger partial charge in [-0.25, -0.2) is 0 Å². The molecule has 0 saturated heterocycles. The summed E-state index contributed by atoms with van der Waals surface area (Å²) in [6.07, 6.45) is 2.87. The molecular formula is C20H14ClN3O3S. The molecule has 0 aliphatic heterocycles. The monoisotopic (exact) mass is 411 g/mol. The van der Waals surface area contributed by atoms with Crippen LogP contribution in [0.25, 0.3) is 16.2 Å². The van der Waals surface area contributed by atoms with Gasteiger partial charge in [0.25, 0.3) is 11.8 Å². The lowest BCUT2D eigenvalue weighted by Gasteiger charge is -2.08. The van der Waals surface area contributed by atoms with E-state index in [9.17, 15) is 9.59 Å². The summed E-state index contributed by atoms with van der Waals surface area (Å²) in [5.74, 6) is -0.778. The Kier molecular flexibility index (Phi) is 6.27. The molecule has 0 spiro atoms. The summed E-state index contributed by atoms with van der Waals surface area (Å²) >= 11 is 7.78. The zero-order valence-electron chi connectivity index (χ0n) is 14.4. The van der Waals surface area contributed by atoms with Gasteiger partial charge >= 0.3 is 0 Å². The van der Waals surface area contributed by atoms with Crippen molar-refractivity contribution in [1.82, 2.24) is 10.9 Å². The van der Waals surface area contributed by atoms with Gasteiger partial charge in [0.15, 0.2) is 6.61 Å². The molecule has 0 aliphatic carbocycles. The first-order chi connectivity index (χ1) is 13.6. The van der Waals surface area contributed by atoms with Crippen LogP contribution >= 0.6 is 22.9 Å². The van der Waals surface area contributed by atoms with Crippen LogP contribution in [0.15, 0.2) is 54.6 Å². The van der Waals surface area contributed by atoms with Gasteiger partial charge in [-0.2, -0.15) is 5.26 Å². The predicted molar refractivity (Wildman–Crippen MR) is 109 cm³/mol. The maximum absolute atomic E-state index is 11.9. The van der Waals surface area contributed by atoms with Gasteiger partial charge in [-0.05, 0) is 24.3 Å². The van der Waals surface area contributed by atoms with Gasteiger partial charge in [-0.3, -0.25) is 20.4 Å². The van der Waals surface area contributed by atoms with E-state index in [0.717, 1.165) is 15.0 Å². The molecule has 2 amide bonds. The summed E-state index contributed by atoms with van der Waals surface area (Å²) in [5.41, 5.74) is 4.82. The molecule has 1 heterocycles. The van der Waals surface area contributed by atoms with Crippen molar-refractivity contribution in [3.8, 4) is 11.8 Å². The molecule has 0 aliphatic rings. The quantitative estimate of drug-likeness (QED) is 0.495. The molecule has 0 saturated carbocycles. The molecule has 0 fully saturated rings. The number of halogens is 1. The number of carbonyl (C=O) groups excluding carboxylic acids is 2. The van der Waals surface area contributed by atoms with E-state index in [-0.39, 0.29) is 6.61 Å². The van der Waals surface area contributed by atoms with Crippen LogP contribution < -0.4 is 15.6 Å². The fourth-order valence-corrected chi connectivity index (χ4v) is 3.73. The van der Waals surface area contributed by atoms with Gasteiger partial charge < -0.3 is 4.74 Å². The van der Waals surface area contributed by atoms with Gasteiger partial charge in [-0.15, -0.1) is 11.3 Å². The van der Waals surface area contributed by atoms with Crippen molar-refractivity contribution in [1.29, 1.82) is 5.26 Å². The Balaban J connectivity index is 1.51. The zero-order chi connectivity index (χ0) is 19.9. The van der Waals surface area contributed by atoms with Crippen LogP contribution in [0, 0.1) is 11.3 Å². The second kappa shape index (κ2) is 9.04. The van der Waals surface area contributed by atoms with Crippen molar-refractivity contribution in [2.24, 2.45) is 0 Å². The molecule has 3 rings (SSSR count). The third-order valence-corrected chi connectivity index (χ3v) is 5.29. The third-order valence-electron chi connectivity index (χ3n) is 3.64. The van der Waals surface area contributed by atoms with E-state index >= 15 is 0 Å². The number of hydrazine groups is 1. The number of nitrogens with zero attached hydrogens (tertiary/aromatic N) is 1.